The van der Waals surface area contributed by atoms with Crippen LogP contribution in [0.15, 0.2) is 87.3 Å². The Hall–Kier alpha value is -3.65. The lowest BCUT2D eigenvalue weighted by molar-refractivity contribution is 0.586. The minimum absolute atomic E-state index is 0.0869. The molecule has 0 atom stereocenters. The van der Waals surface area contributed by atoms with Gasteiger partial charge in [0.15, 0.2) is 0 Å². The van der Waals surface area contributed by atoms with Crippen molar-refractivity contribution in [2.75, 3.05) is 10.8 Å². The van der Waals surface area contributed by atoms with E-state index in [9.17, 15) is 18.0 Å². The Kier molecular flexibility index (Phi) is 4.51. The number of nitrogens with one attached hydrogen (secondary N) is 1. The maximum absolute atomic E-state index is 13.5. The number of anilines is 1. The maximum Gasteiger partial charge on any atom is 0.333 e. The van der Waals surface area contributed by atoms with Crippen molar-refractivity contribution in [1.29, 1.82) is 0 Å². The highest BCUT2D eigenvalue weighted by Gasteiger charge is 2.29. The molecule has 0 saturated heterocycles. The molecule has 156 valence electrons. The van der Waals surface area contributed by atoms with Crippen LogP contribution in [0.4, 0.5) is 5.69 Å². The molecule has 1 aliphatic heterocycles. The van der Waals surface area contributed by atoms with Gasteiger partial charge in [0.05, 0.1) is 27.2 Å². The van der Waals surface area contributed by atoms with E-state index in [0.29, 0.717) is 28.8 Å². The zero-order valence-corrected chi connectivity index (χ0v) is 17.3. The zero-order chi connectivity index (χ0) is 21.6. The van der Waals surface area contributed by atoms with Gasteiger partial charge in [0, 0.05) is 6.54 Å². The molecule has 7 nitrogen and oxygen atoms in total. The molecule has 1 aromatic heterocycles. The van der Waals surface area contributed by atoms with Crippen molar-refractivity contribution in [1.82, 2.24) is 9.55 Å². The average Bonchev–Trinajstić information content (AvgIpc) is 2.79. The number of aromatic amines is 1. The summed E-state index contributed by atoms with van der Waals surface area (Å²) in [6, 6.07) is 20.5. The second-order valence-corrected chi connectivity index (χ2v) is 9.28. The number of nitrogens with zero attached hydrogens (tertiary/aromatic N) is 2. The number of aryl methyl sites for hydroxylation is 1. The van der Waals surface area contributed by atoms with E-state index in [1.165, 1.54) is 21.0 Å². The van der Waals surface area contributed by atoms with E-state index in [-0.39, 0.29) is 4.90 Å². The minimum Gasteiger partial charge on any atom is -0.273 e. The Morgan fingerprint density at radius 3 is 2.52 bits per heavy atom. The van der Waals surface area contributed by atoms with Crippen molar-refractivity contribution >= 4 is 26.6 Å². The number of hydrogen-bond donors (Lipinski definition) is 1. The van der Waals surface area contributed by atoms with Crippen molar-refractivity contribution in [3.63, 3.8) is 0 Å². The van der Waals surface area contributed by atoms with E-state index in [1.54, 1.807) is 36.4 Å². The van der Waals surface area contributed by atoms with Gasteiger partial charge in [-0.05, 0) is 54.8 Å². The smallest absolute Gasteiger partial charge is 0.273 e. The molecule has 3 aromatic carbocycles. The van der Waals surface area contributed by atoms with E-state index in [1.807, 2.05) is 24.3 Å². The molecule has 31 heavy (non-hydrogen) atoms. The van der Waals surface area contributed by atoms with Crippen molar-refractivity contribution in [3.8, 4) is 5.69 Å². The second kappa shape index (κ2) is 7.24. The van der Waals surface area contributed by atoms with Gasteiger partial charge in [-0.3, -0.25) is 18.7 Å². The molecule has 8 heteroatoms. The van der Waals surface area contributed by atoms with Crippen LogP contribution in [0.3, 0.4) is 0 Å². The van der Waals surface area contributed by atoms with E-state index in [0.717, 1.165) is 18.4 Å². The lowest BCUT2D eigenvalue weighted by atomic mass is 10.0. The molecule has 1 N–H and O–H groups in total. The van der Waals surface area contributed by atoms with E-state index >= 15 is 0 Å². The van der Waals surface area contributed by atoms with Gasteiger partial charge >= 0.3 is 5.69 Å². The topological polar surface area (TPSA) is 92.2 Å². The molecule has 0 spiro atoms. The number of aromatic nitrogens is 2. The van der Waals surface area contributed by atoms with Gasteiger partial charge in [0.25, 0.3) is 15.6 Å². The first-order valence-corrected chi connectivity index (χ1v) is 11.4. The molecule has 0 amide bonds. The summed E-state index contributed by atoms with van der Waals surface area (Å²) in [5, 5.41) is 0.348. The van der Waals surface area contributed by atoms with Crippen molar-refractivity contribution in [2.24, 2.45) is 0 Å². The van der Waals surface area contributed by atoms with Gasteiger partial charge in [-0.2, -0.15) is 0 Å². The Bertz CT molecular complexity index is 1540. The summed E-state index contributed by atoms with van der Waals surface area (Å²) in [6.07, 6.45) is 1.57. The molecule has 0 saturated carbocycles. The highest BCUT2D eigenvalue weighted by molar-refractivity contribution is 7.92. The number of sulfonamides is 1. The number of benzene rings is 3. The van der Waals surface area contributed by atoms with Gasteiger partial charge in [-0.1, -0.05) is 36.4 Å². The highest BCUT2D eigenvalue weighted by atomic mass is 32.2. The molecule has 2 heterocycles. The minimum atomic E-state index is -3.83. The SMILES string of the molecule is O=c1[nH]c(=O)n(-c2cccc(S(=O)(=O)N3CCCc4ccccc43)c2)c2ccccc12. The zero-order valence-electron chi connectivity index (χ0n) is 16.5. The van der Waals surface area contributed by atoms with E-state index in [2.05, 4.69) is 4.98 Å². The summed E-state index contributed by atoms with van der Waals surface area (Å²) >= 11 is 0. The first kappa shape index (κ1) is 19.3. The van der Waals surface area contributed by atoms with Crippen LogP contribution in [0, 0.1) is 0 Å². The Balaban J connectivity index is 1.68. The quantitative estimate of drug-likeness (QED) is 0.538. The molecule has 4 aromatic rings. The van der Waals surface area contributed by atoms with Gasteiger partial charge in [0.1, 0.15) is 0 Å². The average molecular weight is 433 g/mol. The van der Waals surface area contributed by atoms with Crippen LogP contribution >= 0.6 is 0 Å². The molecule has 0 bridgehead atoms. The summed E-state index contributed by atoms with van der Waals surface area (Å²) in [4.78, 5) is 27.2. The third-order valence-corrected chi connectivity index (χ3v) is 7.35. The number of H-pyrrole nitrogens is 1. The van der Waals surface area contributed by atoms with E-state index < -0.39 is 21.3 Å². The second-order valence-electron chi connectivity index (χ2n) is 7.42. The lowest BCUT2D eigenvalue weighted by Gasteiger charge is -2.30. The fourth-order valence-corrected chi connectivity index (χ4v) is 5.69. The van der Waals surface area contributed by atoms with Crippen LogP contribution in [0.2, 0.25) is 0 Å². The third kappa shape index (κ3) is 3.16. The highest BCUT2D eigenvalue weighted by Crippen LogP contribution is 2.32. The van der Waals surface area contributed by atoms with Crippen LogP contribution in [0.1, 0.15) is 12.0 Å². The molecular weight excluding hydrogens is 414 g/mol. The monoisotopic (exact) mass is 433 g/mol. The van der Waals surface area contributed by atoms with Gasteiger partial charge in [-0.25, -0.2) is 13.2 Å². The van der Waals surface area contributed by atoms with Crippen LogP contribution in [-0.2, 0) is 16.4 Å². The fourth-order valence-electron chi connectivity index (χ4n) is 4.11. The normalized spacial score (nSPS) is 13.9. The largest absolute Gasteiger partial charge is 0.333 e. The molecule has 0 fully saturated rings. The Labute approximate surface area is 178 Å². The molecule has 0 unspecified atom stereocenters. The summed E-state index contributed by atoms with van der Waals surface area (Å²) in [5.74, 6) is 0. The standard InChI is InChI=1S/C23H19N3O4S/c27-22-19-11-2-4-13-21(19)26(23(28)24-22)17-9-5-10-18(15-17)31(29,30)25-14-6-8-16-7-1-3-12-20(16)25/h1-5,7,9-13,15H,6,8,14H2,(H,24,27,28). The molecule has 0 aliphatic carbocycles. The molecular formula is C23H19N3O4S. The first-order valence-electron chi connectivity index (χ1n) is 9.92. The summed E-state index contributed by atoms with van der Waals surface area (Å²) in [5.41, 5.74) is 1.35. The van der Waals surface area contributed by atoms with E-state index in [4.69, 9.17) is 0 Å². The van der Waals surface area contributed by atoms with Crippen LogP contribution in [0.25, 0.3) is 16.6 Å². The fraction of sp³-hybridized carbons (Fsp3) is 0.130. The van der Waals surface area contributed by atoms with Crippen LogP contribution in [-0.4, -0.2) is 24.5 Å². The summed E-state index contributed by atoms with van der Waals surface area (Å²) in [7, 11) is -3.83. The van der Waals surface area contributed by atoms with Gasteiger partial charge in [-0.15, -0.1) is 0 Å². The molecule has 0 radical (unpaired) electrons. The summed E-state index contributed by atoms with van der Waals surface area (Å²) < 4.78 is 29.8. The van der Waals surface area contributed by atoms with Crippen LogP contribution in [0.5, 0.6) is 0 Å². The number of fused-ring (bicyclic) bond motifs is 2. The van der Waals surface area contributed by atoms with Crippen molar-refractivity contribution < 1.29 is 8.42 Å². The maximum atomic E-state index is 13.5. The first-order chi connectivity index (χ1) is 15.0. The Morgan fingerprint density at radius 2 is 1.65 bits per heavy atom. The number of para-hydroxylation sites is 2. The number of rotatable bonds is 3. The molecule has 1 aliphatic rings. The predicted octanol–water partition coefficient (Wildman–Crippen LogP) is 2.82. The summed E-state index contributed by atoms with van der Waals surface area (Å²) in [6.45, 7) is 0.394. The predicted molar refractivity (Wildman–Crippen MR) is 119 cm³/mol. The van der Waals surface area contributed by atoms with Gasteiger partial charge < -0.3 is 0 Å². The number of hydrogen-bond acceptors (Lipinski definition) is 4. The van der Waals surface area contributed by atoms with Crippen LogP contribution < -0.4 is 15.6 Å². The Morgan fingerprint density at radius 1 is 0.871 bits per heavy atom. The lowest BCUT2D eigenvalue weighted by Crippen LogP contribution is -2.35. The van der Waals surface area contributed by atoms with Gasteiger partial charge in [0.2, 0.25) is 0 Å². The third-order valence-electron chi connectivity index (χ3n) is 5.54. The van der Waals surface area contributed by atoms with Crippen molar-refractivity contribution in [2.45, 2.75) is 17.7 Å². The van der Waals surface area contributed by atoms with Crippen molar-refractivity contribution in [3.05, 3.63) is 99.2 Å². The molecule has 5 rings (SSSR count).